The van der Waals surface area contributed by atoms with Gasteiger partial charge in [-0.1, -0.05) is 0 Å². The molecule has 4 N–H and O–H groups in total. The number of hydrogen-bond acceptors (Lipinski definition) is 4. The highest BCUT2D eigenvalue weighted by molar-refractivity contribution is 5.92. The topological polar surface area (TPSA) is 93.5 Å². The van der Waals surface area contributed by atoms with E-state index < -0.39 is 0 Å². The Balaban J connectivity index is 2.43. The number of ether oxygens (including phenoxy) is 1. The molecule has 0 aliphatic carbocycles. The van der Waals surface area contributed by atoms with Crippen molar-refractivity contribution in [3.8, 4) is 0 Å². The lowest BCUT2D eigenvalue weighted by atomic mass is 10.2. The first-order valence-electron chi connectivity index (χ1n) is 5.57. The first kappa shape index (κ1) is 14.1. The lowest BCUT2D eigenvalue weighted by Crippen LogP contribution is -2.20. The average Bonchev–Trinajstić information content (AvgIpc) is 2.31. The van der Waals surface area contributed by atoms with E-state index in [1.807, 2.05) is 0 Å². The summed E-state index contributed by atoms with van der Waals surface area (Å²) >= 11 is 0. The summed E-state index contributed by atoms with van der Waals surface area (Å²) in [5.41, 5.74) is 6.56. The van der Waals surface area contributed by atoms with Gasteiger partial charge in [-0.2, -0.15) is 0 Å². The Bertz CT molecular complexity index is 404. The maximum atomic E-state index is 11.4. The van der Waals surface area contributed by atoms with Gasteiger partial charge in [0.25, 0.3) is 0 Å². The van der Waals surface area contributed by atoms with E-state index in [0.717, 1.165) is 0 Å². The molecule has 0 saturated carbocycles. The maximum absolute atomic E-state index is 11.4. The van der Waals surface area contributed by atoms with E-state index in [-0.39, 0.29) is 18.4 Å². The Morgan fingerprint density at radius 3 is 2.22 bits per heavy atom. The van der Waals surface area contributed by atoms with Gasteiger partial charge in [0.1, 0.15) is 6.61 Å². The monoisotopic (exact) mass is 251 g/mol. The summed E-state index contributed by atoms with van der Waals surface area (Å²) in [6.07, 6.45) is 0. The normalized spacial score (nSPS) is 9.89. The molecule has 1 aromatic rings. The second kappa shape index (κ2) is 7.41. The van der Waals surface area contributed by atoms with Gasteiger partial charge < -0.3 is 21.1 Å². The number of carbonyl (C=O) groups is 2. The molecule has 2 amide bonds. The van der Waals surface area contributed by atoms with Crippen LogP contribution in [0, 0.1) is 0 Å². The van der Waals surface area contributed by atoms with Crippen LogP contribution in [0.5, 0.6) is 0 Å². The summed E-state index contributed by atoms with van der Waals surface area (Å²) in [7, 11) is 0. The zero-order valence-electron chi connectivity index (χ0n) is 10.2. The van der Waals surface area contributed by atoms with Crippen LogP contribution >= 0.6 is 0 Å². The summed E-state index contributed by atoms with van der Waals surface area (Å²) in [4.78, 5) is 22.2. The van der Waals surface area contributed by atoms with Crippen LogP contribution in [0.3, 0.4) is 0 Å². The van der Waals surface area contributed by atoms with Crippen molar-refractivity contribution in [1.82, 2.24) is 0 Å². The van der Waals surface area contributed by atoms with Crippen molar-refractivity contribution < 1.29 is 14.3 Å². The summed E-state index contributed by atoms with van der Waals surface area (Å²) in [5.74, 6) is -0.377. The Kier molecular flexibility index (Phi) is 5.83. The van der Waals surface area contributed by atoms with Crippen molar-refractivity contribution in [1.29, 1.82) is 0 Å². The van der Waals surface area contributed by atoms with Crippen molar-refractivity contribution in [2.75, 3.05) is 30.4 Å². The van der Waals surface area contributed by atoms with E-state index in [9.17, 15) is 9.59 Å². The molecule has 0 bridgehead atoms. The van der Waals surface area contributed by atoms with E-state index in [1.165, 1.54) is 6.92 Å². The van der Waals surface area contributed by atoms with Crippen LogP contribution in [0.4, 0.5) is 11.4 Å². The number of rotatable bonds is 6. The minimum absolute atomic E-state index is 0.0232. The molecule has 1 aromatic carbocycles. The SMILES string of the molecule is CC(=O)Nc1ccc(NC(=O)COCCN)cc1. The van der Waals surface area contributed by atoms with Crippen molar-refractivity contribution in [2.24, 2.45) is 5.73 Å². The zero-order chi connectivity index (χ0) is 13.4. The van der Waals surface area contributed by atoms with Crippen LogP contribution in [-0.2, 0) is 14.3 Å². The fourth-order valence-corrected chi connectivity index (χ4v) is 1.29. The van der Waals surface area contributed by atoms with Crippen molar-refractivity contribution in [3.63, 3.8) is 0 Å². The fraction of sp³-hybridized carbons (Fsp3) is 0.333. The third kappa shape index (κ3) is 5.42. The predicted octanol–water partition coefficient (Wildman–Crippen LogP) is 0.559. The Hall–Kier alpha value is -1.92. The Morgan fingerprint density at radius 1 is 1.17 bits per heavy atom. The van der Waals surface area contributed by atoms with Gasteiger partial charge in [-0.15, -0.1) is 0 Å². The number of nitrogens with two attached hydrogens (primary N) is 1. The van der Waals surface area contributed by atoms with Crippen molar-refractivity contribution >= 4 is 23.2 Å². The smallest absolute Gasteiger partial charge is 0.250 e. The van der Waals surface area contributed by atoms with Gasteiger partial charge in [0.2, 0.25) is 11.8 Å². The minimum Gasteiger partial charge on any atom is -0.370 e. The molecule has 6 heteroatoms. The van der Waals surface area contributed by atoms with Crippen molar-refractivity contribution in [3.05, 3.63) is 24.3 Å². The standard InChI is InChI=1S/C12H17N3O3/c1-9(16)14-10-2-4-11(5-3-10)15-12(17)8-18-7-6-13/h2-5H,6-8,13H2,1H3,(H,14,16)(H,15,17). The molecule has 98 valence electrons. The number of amides is 2. The predicted molar refractivity (Wildman–Crippen MR) is 69.2 cm³/mol. The third-order valence-electron chi connectivity index (χ3n) is 1.98. The average molecular weight is 251 g/mol. The molecule has 0 atom stereocenters. The molecule has 0 radical (unpaired) electrons. The van der Waals surface area contributed by atoms with Gasteiger partial charge in [-0.3, -0.25) is 9.59 Å². The van der Waals surface area contributed by atoms with Gasteiger partial charge >= 0.3 is 0 Å². The van der Waals surface area contributed by atoms with Crippen LogP contribution in [-0.4, -0.2) is 31.6 Å². The van der Waals surface area contributed by atoms with Gasteiger partial charge in [0.05, 0.1) is 6.61 Å². The number of nitrogens with one attached hydrogen (secondary N) is 2. The quantitative estimate of drug-likeness (QED) is 0.644. The van der Waals surface area contributed by atoms with E-state index in [0.29, 0.717) is 24.5 Å². The van der Waals surface area contributed by atoms with Crippen LogP contribution in [0.1, 0.15) is 6.92 Å². The molecular formula is C12H17N3O3. The van der Waals surface area contributed by atoms with Crippen molar-refractivity contribution in [2.45, 2.75) is 6.92 Å². The number of hydrogen-bond donors (Lipinski definition) is 3. The maximum Gasteiger partial charge on any atom is 0.250 e. The van der Waals surface area contributed by atoms with Crippen LogP contribution in [0.2, 0.25) is 0 Å². The Labute approximate surface area is 105 Å². The fourth-order valence-electron chi connectivity index (χ4n) is 1.29. The van der Waals surface area contributed by atoms with E-state index in [4.69, 9.17) is 10.5 Å². The largest absolute Gasteiger partial charge is 0.370 e. The molecule has 0 saturated heterocycles. The second-order valence-electron chi connectivity index (χ2n) is 3.65. The molecule has 0 fully saturated rings. The molecule has 0 spiro atoms. The molecule has 0 unspecified atom stereocenters. The second-order valence-corrected chi connectivity index (χ2v) is 3.65. The van der Waals surface area contributed by atoms with E-state index in [1.54, 1.807) is 24.3 Å². The van der Waals surface area contributed by atoms with Crippen LogP contribution in [0.25, 0.3) is 0 Å². The highest BCUT2D eigenvalue weighted by Gasteiger charge is 2.02. The summed E-state index contributed by atoms with van der Waals surface area (Å²) in [6, 6.07) is 6.81. The van der Waals surface area contributed by atoms with E-state index in [2.05, 4.69) is 10.6 Å². The lowest BCUT2D eigenvalue weighted by molar-refractivity contribution is -0.120. The number of benzene rings is 1. The van der Waals surface area contributed by atoms with Gasteiger partial charge in [0.15, 0.2) is 0 Å². The molecule has 1 rings (SSSR count). The molecule has 0 heterocycles. The third-order valence-corrected chi connectivity index (χ3v) is 1.98. The van der Waals surface area contributed by atoms with E-state index >= 15 is 0 Å². The summed E-state index contributed by atoms with van der Waals surface area (Å²) < 4.78 is 5.00. The molecule has 0 aliphatic rings. The van der Waals surface area contributed by atoms with Gasteiger partial charge in [-0.05, 0) is 24.3 Å². The summed E-state index contributed by atoms with van der Waals surface area (Å²) in [6.45, 7) is 2.16. The molecule has 0 aliphatic heterocycles. The Morgan fingerprint density at radius 2 is 1.72 bits per heavy atom. The first-order chi connectivity index (χ1) is 8.61. The molecule has 18 heavy (non-hydrogen) atoms. The van der Waals surface area contributed by atoms with Gasteiger partial charge in [-0.25, -0.2) is 0 Å². The first-order valence-corrected chi connectivity index (χ1v) is 5.57. The number of carbonyl (C=O) groups excluding carboxylic acids is 2. The molecular weight excluding hydrogens is 234 g/mol. The highest BCUT2D eigenvalue weighted by Crippen LogP contribution is 2.13. The summed E-state index contributed by atoms with van der Waals surface area (Å²) in [5, 5.41) is 5.30. The molecule has 0 aromatic heterocycles. The van der Waals surface area contributed by atoms with Crippen LogP contribution < -0.4 is 16.4 Å². The van der Waals surface area contributed by atoms with Gasteiger partial charge in [0, 0.05) is 24.8 Å². The zero-order valence-corrected chi connectivity index (χ0v) is 10.2. The highest BCUT2D eigenvalue weighted by atomic mass is 16.5. The number of anilines is 2. The van der Waals surface area contributed by atoms with Crippen LogP contribution in [0.15, 0.2) is 24.3 Å². The lowest BCUT2D eigenvalue weighted by Gasteiger charge is -2.07. The molecule has 6 nitrogen and oxygen atoms in total. The minimum atomic E-state index is -0.240.